The number of halogens is 1. The normalized spacial score (nSPS) is 23.1. The highest BCUT2D eigenvalue weighted by molar-refractivity contribution is 6.30. The summed E-state index contributed by atoms with van der Waals surface area (Å²) in [7, 11) is 0. The van der Waals surface area contributed by atoms with E-state index in [1.807, 2.05) is 48.5 Å². The van der Waals surface area contributed by atoms with Crippen LogP contribution < -0.4 is 10.1 Å². The van der Waals surface area contributed by atoms with E-state index in [9.17, 15) is 4.79 Å². The van der Waals surface area contributed by atoms with Crippen molar-refractivity contribution in [3.63, 3.8) is 0 Å². The molecule has 2 aromatic rings. The molecule has 172 valence electrons. The zero-order valence-electron chi connectivity index (χ0n) is 19.3. The molecule has 1 saturated heterocycles. The summed E-state index contributed by atoms with van der Waals surface area (Å²) in [6, 6.07) is 15.5. The van der Waals surface area contributed by atoms with Crippen molar-refractivity contribution in [2.24, 2.45) is 11.8 Å². The van der Waals surface area contributed by atoms with Crippen LogP contribution in [0, 0.1) is 11.8 Å². The monoisotopic (exact) mass is 454 g/mol. The van der Waals surface area contributed by atoms with Crippen molar-refractivity contribution in [1.29, 1.82) is 0 Å². The Morgan fingerprint density at radius 2 is 1.66 bits per heavy atom. The van der Waals surface area contributed by atoms with Gasteiger partial charge in [-0.15, -0.1) is 0 Å². The Hall–Kier alpha value is -2.04. The molecule has 1 heterocycles. The maximum absolute atomic E-state index is 13.3. The molecule has 1 aliphatic heterocycles. The van der Waals surface area contributed by atoms with E-state index in [4.69, 9.17) is 16.3 Å². The average molecular weight is 455 g/mol. The quantitative estimate of drug-likeness (QED) is 0.545. The van der Waals surface area contributed by atoms with Gasteiger partial charge in [-0.2, -0.15) is 0 Å². The Kier molecular flexibility index (Phi) is 7.42. The summed E-state index contributed by atoms with van der Waals surface area (Å²) in [5, 5.41) is 3.84. The number of hydrogen-bond acceptors (Lipinski definition) is 3. The zero-order valence-corrected chi connectivity index (χ0v) is 20.0. The fourth-order valence-electron chi connectivity index (χ4n) is 5.55. The zero-order chi connectivity index (χ0) is 22.6. The Bertz CT molecular complexity index is 881. The van der Waals surface area contributed by atoms with Gasteiger partial charge >= 0.3 is 0 Å². The number of carbonyl (C=O) groups excluding carboxylic acids is 1. The summed E-state index contributed by atoms with van der Waals surface area (Å²) in [5.74, 6) is 2.43. The molecular formula is C27H35ClN2O2. The molecule has 1 saturated carbocycles. The van der Waals surface area contributed by atoms with Crippen LogP contribution in [0.3, 0.4) is 0 Å². The number of amides is 1. The van der Waals surface area contributed by atoms with Gasteiger partial charge in [-0.05, 0) is 73.1 Å². The second-order valence-electron chi connectivity index (χ2n) is 9.83. The standard InChI is InChI=1S/C27H35ClN2O2/c1-20-17-21(2)19-30(18-20)15-16-32-25-11-9-24(10-12-25)29-26(31)27(13-3-4-14-27)22-5-7-23(28)8-6-22/h5-12,20-21H,3-4,13-19H2,1-2H3,(H,29,31)/t20-,21-/m0/s1. The third-order valence-corrected chi connectivity index (χ3v) is 7.27. The number of hydrogen-bond donors (Lipinski definition) is 1. The van der Waals surface area contributed by atoms with Crippen molar-refractivity contribution in [3.05, 3.63) is 59.1 Å². The lowest BCUT2D eigenvalue weighted by Gasteiger charge is -2.34. The van der Waals surface area contributed by atoms with E-state index in [2.05, 4.69) is 24.1 Å². The average Bonchev–Trinajstić information content (AvgIpc) is 3.26. The molecule has 1 amide bonds. The molecule has 4 nitrogen and oxygen atoms in total. The Morgan fingerprint density at radius 3 is 2.28 bits per heavy atom. The predicted octanol–water partition coefficient (Wildman–Crippen LogP) is 6.15. The van der Waals surface area contributed by atoms with Crippen molar-refractivity contribution in [1.82, 2.24) is 4.90 Å². The number of benzene rings is 2. The molecule has 1 N–H and O–H groups in total. The fraction of sp³-hybridized carbons (Fsp3) is 0.519. The van der Waals surface area contributed by atoms with Gasteiger partial charge in [0.05, 0.1) is 5.41 Å². The van der Waals surface area contributed by atoms with E-state index in [-0.39, 0.29) is 5.91 Å². The van der Waals surface area contributed by atoms with Crippen LogP contribution in [0.1, 0.15) is 51.5 Å². The van der Waals surface area contributed by atoms with Gasteiger partial charge in [-0.25, -0.2) is 0 Å². The lowest BCUT2D eigenvalue weighted by atomic mass is 9.78. The second-order valence-corrected chi connectivity index (χ2v) is 10.3. The van der Waals surface area contributed by atoms with E-state index in [1.165, 1.54) is 6.42 Å². The first kappa shape index (κ1) is 23.1. The topological polar surface area (TPSA) is 41.6 Å². The molecular weight excluding hydrogens is 420 g/mol. The number of carbonyl (C=O) groups is 1. The molecule has 0 bridgehead atoms. The van der Waals surface area contributed by atoms with Crippen LogP contribution in [0.4, 0.5) is 5.69 Å². The van der Waals surface area contributed by atoms with Crippen LogP contribution in [0.25, 0.3) is 0 Å². The van der Waals surface area contributed by atoms with Crippen LogP contribution in [-0.4, -0.2) is 37.0 Å². The maximum atomic E-state index is 13.3. The van der Waals surface area contributed by atoms with Crippen LogP contribution in [0.15, 0.2) is 48.5 Å². The number of piperidine rings is 1. The second kappa shape index (κ2) is 10.3. The molecule has 32 heavy (non-hydrogen) atoms. The van der Waals surface area contributed by atoms with Crippen molar-refractivity contribution < 1.29 is 9.53 Å². The van der Waals surface area contributed by atoms with Gasteiger partial charge in [0.1, 0.15) is 12.4 Å². The third kappa shape index (κ3) is 5.47. The number of anilines is 1. The van der Waals surface area contributed by atoms with Crippen molar-refractivity contribution in [2.75, 3.05) is 31.6 Å². The first-order valence-electron chi connectivity index (χ1n) is 12.0. The number of ether oxygens (including phenoxy) is 1. The molecule has 0 spiro atoms. The summed E-state index contributed by atoms with van der Waals surface area (Å²) in [6.07, 6.45) is 5.20. The Morgan fingerprint density at radius 1 is 1.03 bits per heavy atom. The molecule has 2 aliphatic rings. The third-order valence-electron chi connectivity index (χ3n) is 7.02. The minimum Gasteiger partial charge on any atom is -0.492 e. The van der Waals surface area contributed by atoms with Crippen LogP contribution in [-0.2, 0) is 10.2 Å². The van der Waals surface area contributed by atoms with E-state index < -0.39 is 5.41 Å². The van der Waals surface area contributed by atoms with Crippen molar-refractivity contribution >= 4 is 23.2 Å². The molecule has 2 fully saturated rings. The van der Waals surface area contributed by atoms with Crippen molar-refractivity contribution in [2.45, 2.75) is 51.4 Å². The van der Waals surface area contributed by atoms with Gasteiger partial charge in [0, 0.05) is 30.3 Å². The summed E-state index contributed by atoms with van der Waals surface area (Å²) in [4.78, 5) is 15.8. The number of nitrogens with zero attached hydrogens (tertiary/aromatic N) is 1. The lowest BCUT2D eigenvalue weighted by molar-refractivity contribution is -0.121. The van der Waals surface area contributed by atoms with E-state index in [0.717, 1.165) is 74.2 Å². The van der Waals surface area contributed by atoms with Gasteiger partial charge in [0.15, 0.2) is 0 Å². The maximum Gasteiger partial charge on any atom is 0.235 e. The van der Waals surface area contributed by atoms with E-state index >= 15 is 0 Å². The van der Waals surface area contributed by atoms with E-state index in [0.29, 0.717) is 11.6 Å². The minimum absolute atomic E-state index is 0.0688. The SMILES string of the molecule is C[C@H]1C[C@H](C)CN(CCOc2ccc(NC(=O)C3(c4ccc(Cl)cc4)CCCC3)cc2)C1. The first-order valence-corrected chi connectivity index (χ1v) is 12.4. The highest BCUT2D eigenvalue weighted by Gasteiger charge is 2.42. The molecule has 2 atom stereocenters. The molecule has 4 rings (SSSR count). The highest BCUT2D eigenvalue weighted by Crippen LogP contribution is 2.42. The molecule has 0 unspecified atom stereocenters. The number of nitrogens with one attached hydrogen (secondary N) is 1. The number of rotatable bonds is 7. The van der Waals surface area contributed by atoms with Gasteiger partial charge in [0.25, 0.3) is 0 Å². The summed E-state index contributed by atoms with van der Waals surface area (Å²) >= 11 is 6.07. The fourth-order valence-corrected chi connectivity index (χ4v) is 5.67. The molecule has 0 aromatic heterocycles. The Balaban J connectivity index is 1.32. The van der Waals surface area contributed by atoms with Crippen molar-refractivity contribution in [3.8, 4) is 5.75 Å². The minimum atomic E-state index is -0.470. The number of likely N-dealkylation sites (tertiary alicyclic amines) is 1. The smallest absolute Gasteiger partial charge is 0.235 e. The van der Waals surface area contributed by atoms with Gasteiger partial charge in [-0.3, -0.25) is 9.69 Å². The molecule has 5 heteroatoms. The van der Waals surface area contributed by atoms with Gasteiger partial charge < -0.3 is 10.1 Å². The summed E-state index contributed by atoms with van der Waals surface area (Å²) in [6.45, 7) is 8.63. The van der Waals surface area contributed by atoms with Crippen LogP contribution in [0.5, 0.6) is 5.75 Å². The van der Waals surface area contributed by atoms with Crippen LogP contribution in [0.2, 0.25) is 5.02 Å². The summed E-state index contributed by atoms with van der Waals surface area (Å²) in [5.41, 5.74) is 1.39. The molecule has 0 radical (unpaired) electrons. The highest BCUT2D eigenvalue weighted by atomic mass is 35.5. The predicted molar refractivity (Wildman–Crippen MR) is 132 cm³/mol. The summed E-state index contributed by atoms with van der Waals surface area (Å²) < 4.78 is 5.97. The lowest BCUT2D eigenvalue weighted by Crippen LogP contribution is -2.40. The van der Waals surface area contributed by atoms with E-state index in [1.54, 1.807) is 0 Å². The first-order chi connectivity index (χ1) is 15.4. The molecule has 1 aliphatic carbocycles. The van der Waals surface area contributed by atoms with Crippen LogP contribution >= 0.6 is 11.6 Å². The largest absolute Gasteiger partial charge is 0.492 e. The van der Waals surface area contributed by atoms with Gasteiger partial charge in [-0.1, -0.05) is 50.4 Å². The van der Waals surface area contributed by atoms with Gasteiger partial charge in [0.2, 0.25) is 5.91 Å². The Labute approximate surface area is 197 Å². The molecule has 2 aromatic carbocycles.